The summed E-state index contributed by atoms with van der Waals surface area (Å²) >= 11 is 6.10. The Bertz CT molecular complexity index is 818. The summed E-state index contributed by atoms with van der Waals surface area (Å²) in [5.41, 5.74) is 2.76. The molecule has 148 valence electrons. The van der Waals surface area contributed by atoms with Crippen molar-refractivity contribution in [3.8, 4) is 0 Å². The van der Waals surface area contributed by atoms with E-state index in [0.29, 0.717) is 24.7 Å². The van der Waals surface area contributed by atoms with Gasteiger partial charge in [0, 0.05) is 50.0 Å². The van der Waals surface area contributed by atoms with E-state index >= 15 is 0 Å². The second-order valence-corrected chi connectivity index (χ2v) is 8.29. The van der Waals surface area contributed by atoms with E-state index in [1.807, 2.05) is 41.4 Å². The van der Waals surface area contributed by atoms with Gasteiger partial charge in [0.15, 0.2) is 0 Å². The zero-order valence-electron chi connectivity index (χ0n) is 16.4. The van der Waals surface area contributed by atoms with Crippen molar-refractivity contribution >= 4 is 28.9 Å². The van der Waals surface area contributed by atoms with Crippen molar-refractivity contribution in [1.82, 2.24) is 9.88 Å². The maximum atomic E-state index is 12.8. The van der Waals surface area contributed by atoms with Crippen LogP contribution in [-0.2, 0) is 0 Å². The molecule has 1 aromatic carbocycles. The van der Waals surface area contributed by atoms with Gasteiger partial charge in [-0.3, -0.25) is 4.79 Å². The zero-order valence-corrected chi connectivity index (χ0v) is 17.1. The van der Waals surface area contributed by atoms with Gasteiger partial charge in [-0.15, -0.1) is 0 Å². The molecule has 1 aromatic heterocycles. The summed E-state index contributed by atoms with van der Waals surface area (Å²) in [6, 6.07) is 11.8. The summed E-state index contributed by atoms with van der Waals surface area (Å²) in [6.07, 6.45) is 4.37. The van der Waals surface area contributed by atoms with E-state index in [9.17, 15) is 4.79 Å². The third-order valence-electron chi connectivity index (χ3n) is 5.73. The van der Waals surface area contributed by atoms with Crippen molar-refractivity contribution < 1.29 is 4.79 Å². The first kappa shape index (κ1) is 19.1. The number of aromatic nitrogens is 1. The van der Waals surface area contributed by atoms with Crippen LogP contribution >= 0.6 is 11.6 Å². The number of amides is 1. The van der Waals surface area contributed by atoms with Gasteiger partial charge in [0.25, 0.3) is 5.91 Å². The Labute approximate surface area is 171 Å². The number of benzene rings is 1. The smallest absolute Gasteiger partial charge is 0.272 e. The van der Waals surface area contributed by atoms with Gasteiger partial charge in [-0.2, -0.15) is 0 Å². The molecule has 2 saturated heterocycles. The van der Waals surface area contributed by atoms with Crippen LogP contribution in [0.2, 0.25) is 5.02 Å². The van der Waals surface area contributed by atoms with E-state index in [4.69, 9.17) is 11.6 Å². The lowest BCUT2D eigenvalue weighted by atomic mass is 10.00. The van der Waals surface area contributed by atoms with Crippen molar-refractivity contribution in [1.29, 1.82) is 0 Å². The molecule has 4 rings (SSSR count). The molecule has 2 aliphatic rings. The first-order chi connectivity index (χ1) is 13.6. The maximum Gasteiger partial charge on any atom is 0.272 e. The summed E-state index contributed by atoms with van der Waals surface area (Å²) in [7, 11) is 0. The SMILES string of the molecule is CC1CCCN(c2ccc(C(=O)N3CCN(c4cccc(Cl)c4)CC3)nc2)C1. The number of hydrogen-bond acceptors (Lipinski definition) is 4. The highest BCUT2D eigenvalue weighted by molar-refractivity contribution is 6.30. The fourth-order valence-electron chi connectivity index (χ4n) is 4.13. The van der Waals surface area contributed by atoms with Crippen LogP contribution in [0.5, 0.6) is 0 Å². The Kier molecular flexibility index (Phi) is 5.72. The molecule has 0 spiro atoms. The van der Waals surface area contributed by atoms with Gasteiger partial charge < -0.3 is 14.7 Å². The molecule has 6 heteroatoms. The normalized spacial score (nSPS) is 20.4. The highest BCUT2D eigenvalue weighted by Crippen LogP contribution is 2.23. The molecule has 0 N–H and O–H groups in total. The summed E-state index contributed by atoms with van der Waals surface area (Å²) in [4.78, 5) is 23.9. The van der Waals surface area contributed by atoms with Gasteiger partial charge in [0.05, 0.1) is 11.9 Å². The Morgan fingerprint density at radius 1 is 1.04 bits per heavy atom. The third kappa shape index (κ3) is 4.25. The number of piperazine rings is 1. The fourth-order valence-corrected chi connectivity index (χ4v) is 4.31. The lowest BCUT2D eigenvalue weighted by molar-refractivity contribution is 0.0741. The zero-order chi connectivity index (χ0) is 19.5. The summed E-state index contributed by atoms with van der Waals surface area (Å²) in [5, 5.41) is 0.739. The van der Waals surface area contributed by atoms with Crippen LogP contribution in [-0.4, -0.2) is 55.1 Å². The maximum absolute atomic E-state index is 12.8. The highest BCUT2D eigenvalue weighted by atomic mass is 35.5. The number of carbonyl (C=O) groups excluding carboxylic acids is 1. The predicted molar refractivity (Wildman–Crippen MR) is 114 cm³/mol. The fraction of sp³-hybridized carbons (Fsp3) is 0.455. The van der Waals surface area contributed by atoms with E-state index < -0.39 is 0 Å². The van der Waals surface area contributed by atoms with E-state index in [2.05, 4.69) is 27.8 Å². The van der Waals surface area contributed by atoms with E-state index in [0.717, 1.165) is 42.6 Å². The van der Waals surface area contributed by atoms with E-state index in [-0.39, 0.29) is 5.91 Å². The average molecular weight is 399 g/mol. The summed E-state index contributed by atoms with van der Waals surface area (Å²) < 4.78 is 0. The molecule has 1 atom stereocenters. The minimum absolute atomic E-state index is 0.0179. The second-order valence-electron chi connectivity index (χ2n) is 7.85. The van der Waals surface area contributed by atoms with Crippen molar-refractivity contribution in [3.05, 3.63) is 53.3 Å². The van der Waals surface area contributed by atoms with Crippen LogP contribution < -0.4 is 9.80 Å². The van der Waals surface area contributed by atoms with Gasteiger partial charge >= 0.3 is 0 Å². The summed E-state index contributed by atoms with van der Waals surface area (Å²) in [6.45, 7) is 7.42. The molecule has 2 aliphatic heterocycles. The second kappa shape index (κ2) is 8.39. The van der Waals surface area contributed by atoms with E-state index in [1.165, 1.54) is 12.8 Å². The molecule has 0 saturated carbocycles. The number of hydrogen-bond donors (Lipinski definition) is 0. The van der Waals surface area contributed by atoms with E-state index in [1.54, 1.807) is 0 Å². The Hall–Kier alpha value is -2.27. The Morgan fingerprint density at radius 2 is 1.86 bits per heavy atom. The number of carbonyl (C=O) groups is 1. The largest absolute Gasteiger partial charge is 0.370 e. The van der Waals surface area contributed by atoms with Gasteiger partial charge in [-0.1, -0.05) is 24.6 Å². The molecule has 3 heterocycles. The molecule has 1 unspecified atom stereocenters. The monoisotopic (exact) mass is 398 g/mol. The lowest BCUT2D eigenvalue weighted by Gasteiger charge is -2.36. The first-order valence-corrected chi connectivity index (χ1v) is 10.5. The Morgan fingerprint density at radius 3 is 2.54 bits per heavy atom. The average Bonchev–Trinajstić information content (AvgIpc) is 2.73. The topological polar surface area (TPSA) is 39.7 Å². The van der Waals surface area contributed by atoms with Gasteiger partial charge in [-0.25, -0.2) is 4.98 Å². The van der Waals surface area contributed by atoms with Crippen LogP contribution in [0.25, 0.3) is 0 Å². The van der Waals surface area contributed by atoms with Crippen molar-refractivity contribution in [2.24, 2.45) is 5.92 Å². The molecular formula is C22H27ClN4O. The molecule has 0 radical (unpaired) electrons. The minimum Gasteiger partial charge on any atom is -0.370 e. The van der Waals surface area contributed by atoms with Gasteiger partial charge in [0.2, 0.25) is 0 Å². The number of anilines is 2. The van der Waals surface area contributed by atoms with Crippen LogP contribution in [0.4, 0.5) is 11.4 Å². The molecular weight excluding hydrogens is 372 g/mol. The van der Waals surface area contributed by atoms with Crippen LogP contribution in [0, 0.1) is 5.92 Å². The third-order valence-corrected chi connectivity index (χ3v) is 5.96. The van der Waals surface area contributed by atoms with Crippen molar-refractivity contribution in [2.45, 2.75) is 19.8 Å². The van der Waals surface area contributed by atoms with Crippen LogP contribution in [0.3, 0.4) is 0 Å². The number of halogens is 1. The van der Waals surface area contributed by atoms with Gasteiger partial charge in [0.1, 0.15) is 5.69 Å². The van der Waals surface area contributed by atoms with Gasteiger partial charge in [-0.05, 0) is 49.1 Å². The summed E-state index contributed by atoms with van der Waals surface area (Å²) in [5.74, 6) is 0.732. The molecule has 0 bridgehead atoms. The van der Waals surface area contributed by atoms with Crippen LogP contribution in [0.1, 0.15) is 30.3 Å². The molecule has 28 heavy (non-hydrogen) atoms. The number of nitrogens with zero attached hydrogens (tertiary/aromatic N) is 4. The Balaban J connectivity index is 1.36. The standard InChI is InChI=1S/C22H27ClN4O/c1-17-4-3-9-27(16-17)20-7-8-21(24-15-20)22(28)26-12-10-25(11-13-26)19-6-2-5-18(23)14-19/h2,5-8,14-15,17H,3-4,9-13,16H2,1H3. The molecule has 5 nitrogen and oxygen atoms in total. The quantitative estimate of drug-likeness (QED) is 0.785. The molecule has 1 amide bonds. The molecule has 2 aromatic rings. The number of pyridine rings is 1. The lowest BCUT2D eigenvalue weighted by Crippen LogP contribution is -2.49. The van der Waals surface area contributed by atoms with Crippen molar-refractivity contribution in [3.63, 3.8) is 0 Å². The number of piperidine rings is 1. The molecule has 0 aliphatic carbocycles. The van der Waals surface area contributed by atoms with Crippen molar-refractivity contribution in [2.75, 3.05) is 49.1 Å². The minimum atomic E-state index is 0.0179. The first-order valence-electron chi connectivity index (χ1n) is 10.1. The molecule has 2 fully saturated rings. The predicted octanol–water partition coefficient (Wildman–Crippen LogP) is 3.93. The highest BCUT2D eigenvalue weighted by Gasteiger charge is 2.24. The van der Waals surface area contributed by atoms with Crippen LogP contribution in [0.15, 0.2) is 42.6 Å². The number of rotatable bonds is 3.